The van der Waals surface area contributed by atoms with Crippen LogP contribution in [0.3, 0.4) is 0 Å². The Morgan fingerprint density at radius 1 is 1.23 bits per heavy atom. The molecule has 0 radical (unpaired) electrons. The van der Waals surface area contributed by atoms with Gasteiger partial charge in [0, 0.05) is 24.1 Å². The van der Waals surface area contributed by atoms with Crippen molar-refractivity contribution in [2.45, 2.75) is 12.3 Å². The first kappa shape index (κ1) is 17.7. The number of ether oxygens (including phenoxy) is 1. The Hall–Kier alpha value is -3.12. The van der Waals surface area contributed by atoms with Gasteiger partial charge in [-0.05, 0) is 29.8 Å². The van der Waals surface area contributed by atoms with Crippen LogP contribution in [0.1, 0.15) is 17.9 Å². The van der Waals surface area contributed by atoms with Crippen molar-refractivity contribution in [1.82, 2.24) is 10.2 Å². The number of carbonyl (C=O) groups excluding carboxylic acids is 1. The molecule has 1 atom stereocenters. The molecule has 1 heterocycles. The number of amides is 1. The molecule has 0 saturated carbocycles. The van der Waals surface area contributed by atoms with Gasteiger partial charge in [-0.15, -0.1) is 0 Å². The maximum atomic E-state index is 12.5. The molecule has 6 heteroatoms. The van der Waals surface area contributed by atoms with Crippen molar-refractivity contribution in [1.29, 1.82) is 0 Å². The number of nitrogens with one attached hydrogen (secondary N) is 2. The van der Waals surface area contributed by atoms with Gasteiger partial charge >= 0.3 is 0 Å². The van der Waals surface area contributed by atoms with Crippen LogP contribution in [0, 0.1) is 0 Å². The van der Waals surface area contributed by atoms with Crippen molar-refractivity contribution in [3.8, 4) is 16.9 Å². The Labute approximate surface area is 152 Å². The fraction of sp³-hybridized carbons (Fsp3) is 0.200. The zero-order valence-electron chi connectivity index (χ0n) is 14.6. The third-order valence-electron chi connectivity index (χ3n) is 4.29. The Kier molecular flexibility index (Phi) is 5.66. The van der Waals surface area contributed by atoms with Crippen LogP contribution in [0.2, 0.25) is 0 Å². The minimum atomic E-state index is -0.0985. The van der Waals surface area contributed by atoms with E-state index in [0.29, 0.717) is 24.4 Å². The number of nitrogens with two attached hydrogens (primary N) is 1. The number of H-pyrrole nitrogens is 1. The molecule has 2 aromatic carbocycles. The van der Waals surface area contributed by atoms with Gasteiger partial charge in [-0.2, -0.15) is 5.10 Å². The molecule has 1 aromatic heterocycles. The van der Waals surface area contributed by atoms with Gasteiger partial charge in [0.25, 0.3) is 0 Å². The summed E-state index contributed by atoms with van der Waals surface area (Å²) in [5.74, 6) is 0.479. The Morgan fingerprint density at radius 2 is 2.04 bits per heavy atom. The number of hydrogen-bond acceptors (Lipinski definition) is 4. The van der Waals surface area contributed by atoms with Gasteiger partial charge in [0.2, 0.25) is 5.91 Å². The molecule has 4 N–H and O–H groups in total. The lowest BCUT2D eigenvalue weighted by atomic mass is 9.95. The average molecular weight is 350 g/mol. The molecule has 0 aliphatic carbocycles. The van der Waals surface area contributed by atoms with E-state index in [1.165, 1.54) is 0 Å². The van der Waals surface area contributed by atoms with Crippen LogP contribution in [-0.4, -0.2) is 29.8 Å². The molecule has 3 aromatic rings. The topological polar surface area (TPSA) is 93.0 Å². The van der Waals surface area contributed by atoms with E-state index in [0.717, 1.165) is 16.7 Å². The summed E-state index contributed by atoms with van der Waals surface area (Å²) in [7, 11) is 1.58. The summed E-state index contributed by atoms with van der Waals surface area (Å²) in [6.07, 6.45) is 3.85. The van der Waals surface area contributed by atoms with Gasteiger partial charge in [0.15, 0.2) is 0 Å². The molecule has 0 fully saturated rings. The highest BCUT2D eigenvalue weighted by Crippen LogP contribution is 2.31. The monoisotopic (exact) mass is 350 g/mol. The van der Waals surface area contributed by atoms with Crippen LogP contribution in [0.5, 0.6) is 5.75 Å². The van der Waals surface area contributed by atoms with Crippen molar-refractivity contribution in [3.05, 3.63) is 66.5 Å². The molecular weight excluding hydrogens is 328 g/mol. The Bertz CT molecular complexity index is 848. The Balaban J connectivity index is 1.72. The SMILES string of the molecule is COc1cc(-c2cn[nH]c2)ccc1NC(=O)CC(CN)c1ccccc1. The molecule has 0 spiro atoms. The number of aromatic nitrogens is 2. The molecule has 1 unspecified atom stereocenters. The first-order valence-corrected chi connectivity index (χ1v) is 8.43. The highest BCUT2D eigenvalue weighted by atomic mass is 16.5. The third kappa shape index (κ3) is 4.10. The minimum absolute atomic E-state index is 0.0209. The zero-order chi connectivity index (χ0) is 18.4. The number of methoxy groups -OCH3 is 1. The van der Waals surface area contributed by atoms with E-state index < -0.39 is 0 Å². The van der Waals surface area contributed by atoms with E-state index in [2.05, 4.69) is 15.5 Å². The molecule has 134 valence electrons. The second-order valence-electron chi connectivity index (χ2n) is 6.00. The molecular formula is C20H22N4O2. The first-order chi connectivity index (χ1) is 12.7. The molecule has 3 rings (SSSR count). The normalized spacial score (nSPS) is 11.8. The minimum Gasteiger partial charge on any atom is -0.495 e. The van der Waals surface area contributed by atoms with E-state index in [9.17, 15) is 4.79 Å². The van der Waals surface area contributed by atoms with Crippen LogP contribution in [-0.2, 0) is 4.79 Å². The van der Waals surface area contributed by atoms with Crippen LogP contribution in [0.4, 0.5) is 5.69 Å². The summed E-state index contributed by atoms with van der Waals surface area (Å²) < 4.78 is 5.43. The highest BCUT2D eigenvalue weighted by molar-refractivity contribution is 5.93. The molecule has 1 amide bonds. The number of aromatic amines is 1. The van der Waals surface area contributed by atoms with E-state index in [1.54, 1.807) is 19.5 Å². The largest absolute Gasteiger partial charge is 0.495 e. The standard InChI is InChI=1S/C20H22N4O2/c1-26-19-9-15(17-12-22-23-13-17)7-8-18(19)24-20(25)10-16(11-21)14-5-3-2-4-6-14/h2-9,12-13,16H,10-11,21H2,1H3,(H,22,23)(H,24,25). The van der Waals surface area contributed by atoms with Gasteiger partial charge in [-0.3, -0.25) is 9.89 Å². The lowest BCUT2D eigenvalue weighted by Crippen LogP contribution is -2.21. The summed E-state index contributed by atoms with van der Waals surface area (Å²) in [4.78, 5) is 12.5. The summed E-state index contributed by atoms with van der Waals surface area (Å²) in [5, 5.41) is 9.66. The van der Waals surface area contributed by atoms with E-state index in [-0.39, 0.29) is 11.8 Å². The second-order valence-corrected chi connectivity index (χ2v) is 6.00. The molecule has 0 bridgehead atoms. The quantitative estimate of drug-likeness (QED) is 0.610. The van der Waals surface area contributed by atoms with Gasteiger partial charge in [-0.1, -0.05) is 36.4 Å². The van der Waals surface area contributed by atoms with Crippen molar-refractivity contribution < 1.29 is 9.53 Å². The fourth-order valence-electron chi connectivity index (χ4n) is 2.87. The van der Waals surface area contributed by atoms with Crippen molar-refractivity contribution >= 4 is 11.6 Å². The van der Waals surface area contributed by atoms with Gasteiger partial charge in [0.1, 0.15) is 5.75 Å². The number of nitrogens with zero attached hydrogens (tertiary/aromatic N) is 1. The van der Waals surface area contributed by atoms with Gasteiger partial charge in [0.05, 0.1) is 19.0 Å². The van der Waals surface area contributed by atoms with Crippen LogP contribution < -0.4 is 15.8 Å². The maximum absolute atomic E-state index is 12.5. The zero-order valence-corrected chi connectivity index (χ0v) is 14.6. The van der Waals surface area contributed by atoms with E-state index >= 15 is 0 Å². The lowest BCUT2D eigenvalue weighted by Gasteiger charge is -2.16. The maximum Gasteiger partial charge on any atom is 0.225 e. The molecule has 0 aliphatic rings. The van der Waals surface area contributed by atoms with E-state index in [4.69, 9.17) is 10.5 Å². The number of benzene rings is 2. The van der Waals surface area contributed by atoms with Gasteiger partial charge in [-0.25, -0.2) is 0 Å². The summed E-state index contributed by atoms with van der Waals surface area (Å²) in [6.45, 7) is 0.411. The highest BCUT2D eigenvalue weighted by Gasteiger charge is 2.16. The Morgan fingerprint density at radius 3 is 2.69 bits per heavy atom. The fourth-order valence-corrected chi connectivity index (χ4v) is 2.87. The average Bonchev–Trinajstić information content (AvgIpc) is 3.22. The second kappa shape index (κ2) is 8.31. The van der Waals surface area contributed by atoms with Crippen molar-refractivity contribution in [3.63, 3.8) is 0 Å². The number of carbonyl (C=O) groups is 1. The number of hydrogen-bond donors (Lipinski definition) is 3. The number of rotatable bonds is 7. The predicted molar refractivity (Wildman–Crippen MR) is 102 cm³/mol. The predicted octanol–water partition coefficient (Wildman–Crippen LogP) is 3.16. The number of anilines is 1. The third-order valence-corrected chi connectivity index (χ3v) is 4.29. The van der Waals surface area contributed by atoms with Gasteiger partial charge < -0.3 is 15.8 Å². The summed E-state index contributed by atoms with van der Waals surface area (Å²) in [6, 6.07) is 15.5. The van der Waals surface area contributed by atoms with Crippen molar-refractivity contribution in [2.75, 3.05) is 19.0 Å². The molecule has 26 heavy (non-hydrogen) atoms. The van der Waals surface area contributed by atoms with Crippen LogP contribution >= 0.6 is 0 Å². The van der Waals surface area contributed by atoms with Crippen LogP contribution in [0.15, 0.2) is 60.9 Å². The molecule has 6 nitrogen and oxygen atoms in total. The molecule has 0 saturated heterocycles. The van der Waals surface area contributed by atoms with Crippen LogP contribution in [0.25, 0.3) is 11.1 Å². The lowest BCUT2D eigenvalue weighted by molar-refractivity contribution is -0.116. The summed E-state index contributed by atoms with van der Waals surface area (Å²) >= 11 is 0. The summed E-state index contributed by atoms with van der Waals surface area (Å²) in [5.41, 5.74) is 9.47. The smallest absolute Gasteiger partial charge is 0.225 e. The molecule has 0 aliphatic heterocycles. The first-order valence-electron chi connectivity index (χ1n) is 8.43. The van der Waals surface area contributed by atoms with Crippen molar-refractivity contribution in [2.24, 2.45) is 5.73 Å². The van der Waals surface area contributed by atoms with E-state index in [1.807, 2.05) is 48.5 Å².